The summed E-state index contributed by atoms with van der Waals surface area (Å²) in [5, 5.41) is 9.12. The molecule has 18 heavy (non-hydrogen) atoms. The van der Waals surface area contributed by atoms with Crippen LogP contribution in [0, 0.1) is 0 Å². The molecule has 0 spiro atoms. The van der Waals surface area contributed by atoms with Gasteiger partial charge < -0.3 is 10.1 Å². The number of aliphatic hydroxyl groups is 1. The summed E-state index contributed by atoms with van der Waals surface area (Å²) in [4.78, 5) is 6.81. The summed E-state index contributed by atoms with van der Waals surface area (Å²) in [5.41, 5.74) is 0.365. The van der Waals surface area contributed by atoms with Gasteiger partial charge in [-0.3, -0.25) is 0 Å². The second kappa shape index (κ2) is 5.30. The molecule has 0 aliphatic heterocycles. The van der Waals surface area contributed by atoms with Crippen molar-refractivity contribution in [2.45, 2.75) is 18.0 Å². The lowest BCUT2D eigenvalue weighted by Gasteiger charge is -2.08. The van der Waals surface area contributed by atoms with Crippen LogP contribution in [0.4, 0.5) is 0 Å². The number of sulfonamides is 1. The first-order chi connectivity index (χ1) is 8.63. The van der Waals surface area contributed by atoms with E-state index in [1.54, 1.807) is 30.6 Å². The van der Waals surface area contributed by atoms with E-state index in [0.29, 0.717) is 11.4 Å². The van der Waals surface area contributed by atoms with E-state index in [1.807, 2.05) is 0 Å². The third kappa shape index (κ3) is 2.76. The lowest BCUT2D eigenvalue weighted by Crippen LogP contribution is -2.24. The molecule has 1 aromatic heterocycles. The van der Waals surface area contributed by atoms with Gasteiger partial charge in [-0.2, -0.15) is 0 Å². The van der Waals surface area contributed by atoms with E-state index < -0.39 is 10.0 Å². The van der Waals surface area contributed by atoms with Crippen LogP contribution in [0.15, 0.2) is 41.6 Å². The number of aliphatic hydroxyl groups excluding tert-OH is 1. The van der Waals surface area contributed by atoms with E-state index in [9.17, 15) is 8.42 Å². The summed E-state index contributed by atoms with van der Waals surface area (Å²) in [6, 6.07) is 6.31. The van der Waals surface area contributed by atoms with E-state index >= 15 is 0 Å². The summed E-state index contributed by atoms with van der Waals surface area (Å²) in [6.45, 7) is -0.243. The smallest absolute Gasteiger partial charge is 0.241 e. The lowest BCUT2D eigenvalue weighted by molar-refractivity contribution is 0.278. The molecule has 0 amide bonds. The predicted octanol–water partition coefficient (Wildman–Crippen LogP) is 0.380. The van der Waals surface area contributed by atoms with Crippen LogP contribution in [0.2, 0.25) is 0 Å². The molecule has 0 bridgehead atoms. The predicted molar refractivity (Wildman–Crippen MR) is 65.0 cm³/mol. The first-order valence-corrected chi connectivity index (χ1v) is 6.78. The molecule has 96 valence electrons. The van der Waals surface area contributed by atoms with Crippen LogP contribution < -0.4 is 4.72 Å². The zero-order valence-electron chi connectivity index (χ0n) is 9.50. The minimum absolute atomic E-state index is 0.0785. The van der Waals surface area contributed by atoms with Crippen molar-refractivity contribution in [2.24, 2.45) is 0 Å². The molecular formula is C11H13N3O3S. The molecular weight excluding hydrogens is 254 g/mol. The van der Waals surface area contributed by atoms with Crippen molar-refractivity contribution >= 4 is 10.0 Å². The summed E-state index contributed by atoms with van der Waals surface area (Å²) in [7, 11) is -3.65. The Balaban J connectivity index is 2.20. The third-order valence-electron chi connectivity index (χ3n) is 2.42. The Hall–Kier alpha value is -1.70. The molecule has 2 aromatic rings. The Kier molecular flexibility index (Phi) is 3.75. The van der Waals surface area contributed by atoms with Crippen molar-refractivity contribution in [3.8, 4) is 0 Å². The fourth-order valence-electron chi connectivity index (χ4n) is 1.53. The van der Waals surface area contributed by atoms with Crippen LogP contribution in [0.3, 0.4) is 0 Å². The zero-order chi connectivity index (χ0) is 13.0. The molecule has 0 fully saturated rings. The van der Waals surface area contributed by atoms with Crippen LogP contribution in [0.25, 0.3) is 0 Å². The molecule has 7 heteroatoms. The molecule has 0 saturated carbocycles. The molecule has 0 atom stereocenters. The van der Waals surface area contributed by atoms with Crippen LogP contribution in [0.1, 0.15) is 11.4 Å². The Morgan fingerprint density at radius 3 is 2.78 bits per heavy atom. The Morgan fingerprint density at radius 2 is 2.11 bits per heavy atom. The van der Waals surface area contributed by atoms with Crippen molar-refractivity contribution < 1.29 is 13.5 Å². The number of benzene rings is 1. The van der Waals surface area contributed by atoms with Crippen molar-refractivity contribution in [1.29, 1.82) is 0 Å². The average molecular weight is 267 g/mol. The van der Waals surface area contributed by atoms with Gasteiger partial charge in [0.1, 0.15) is 5.82 Å². The van der Waals surface area contributed by atoms with Gasteiger partial charge in [0.25, 0.3) is 0 Å². The van der Waals surface area contributed by atoms with E-state index in [0.717, 1.165) is 0 Å². The average Bonchev–Trinajstić information content (AvgIpc) is 2.89. The number of nitrogens with zero attached hydrogens (tertiary/aromatic N) is 1. The van der Waals surface area contributed by atoms with Crippen molar-refractivity contribution in [1.82, 2.24) is 14.7 Å². The Morgan fingerprint density at radius 1 is 1.33 bits per heavy atom. The van der Waals surface area contributed by atoms with Crippen molar-refractivity contribution in [3.05, 3.63) is 48.0 Å². The summed E-state index contributed by atoms with van der Waals surface area (Å²) >= 11 is 0. The molecule has 0 aliphatic rings. The van der Waals surface area contributed by atoms with Crippen molar-refractivity contribution in [2.75, 3.05) is 0 Å². The lowest BCUT2D eigenvalue weighted by atomic mass is 10.2. The maximum atomic E-state index is 12.0. The highest BCUT2D eigenvalue weighted by Gasteiger charge is 2.17. The van der Waals surface area contributed by atoms with Gasteiger partial charge in [-0.1, -0.05) is 18.2 Å². The molecule has 1 aromatic carbocycles. The number of imidazole rings is 1. The van der Waals surface area contributed by atoms with Crippen molar-refractivity contribution in [3.63, 3.8) is 0 Å². The first-order valence-electron chi connectivity index (χ1n) is 5.30. The summed E-state index contributed by atoms with van der Waals surface area (Å²) in [6.07, 6.45) is 3.16. The van der Waals surface area contributed by atoms with Gasteiger partial charge in [0.15, 0.2) is 0 Å². The standard InChI is InChI=1S/C11H13N3O3S/c15-8-9-3-1-2-4-10(9)18(16,17)14-7-11-12-5-6-13-11/h1-6,14-15H,7-8H2,(H,12,13). The number of hydrogen-bond donors (Lipinski definition) is 3. The maximum absolute atomic E-state index is 12.0. The van der Waals surface area contributed by atoms with E-state index in [-0.39, 0.29) is 18.0 Å². The number of rotatable bonds is 5. The Labute approximate surface area is 105 Å². The van der Waals surface area contributed by atoms with E-state index in [2.05, 4.69) is 14.7 Å². The van der Waals surface area contributed by atoms with Gasteiger partial charge in [0.05, 0.1) is 18.0 Å². The topological polar surface area (TPSA) is 95.1 Å². The molecule has 1 heterocycles. The quantitative estimate of drug-likeness (QED) is 0.730. The van der Waals surface area contributed by atoms with E-state index in [1.165, 1.54) is 6.07 Å². The summed E-state index contributed by atoms with van der Waals surface area (Å²) < 4.78 is 26.5. The second-order valence-electron chi connectivity index (χ2n) is 3.63. The zero-order valence-corrected chi connectivity index (χ0v) is 10.3. The van der Waals surface area contributed by atoms with Gasteiger partial charge in [-0.05, 0) is 11.6 Å². The van der Waals surface area contributed by atoms with Gasteiger partial charge in [-0.25, -0.2) is 18.1 Å². The molecule has 0 aliphatic carbocycles. The maximum Gasteiger partial charge on any atom is 0.241 e. The largest absolute Gasteiger partial charge is 0.392 e. The monoisotopic (exact) mass is 267 g/mol. The number of nitrogens with one attached hydrogen (secondary N) is 2. The van der Waals surface area contributed by atoms with Gasteiger partial charge in [0.2, 0.25) is 10.0 Å². The number of aromatic nitrogens is 2. The highest BCUT2D eigenvalue weighted by Crippen LogP contribution is 2.15. The fraction of sp³-hybridized carbons (Fsp3) is 0.182. The van der Waals surface area contributed by atoms with Gasteiger partial charge in [-0.15, -0.1) is 0 Å². The summed E-state index contributed by atoms with van der Waals surface area (Å²) in [5.74, 6) is 0.528. The van der Waals surface area contributed by atoms with E-state index in [4.69, 9.17) is 5.11 Å². The molecule has 0 unspecified atom stereocenters. The highest BCUT2D eigenvalue weighted by atomic mass is 32.2. The second-order valence-corrected chi connectivity index (χ2v) is 5.36. The highest BCUT2D eigenvalue weighted by molar-refractivity contribution is 7.89. The third-order valence-corrected chi connectivity index (χ3v) is 3.92. The molecule has 6 nitrogen and oxygen atoms in total. The van der Waals surface area contributed by atoms with Crippen LogP contribution in [-0.4, -0.2) is 23.5 Å². The van der Waals surface area contributed by atoms with Crippen LogP contribution >= 0.6 is 0 Å². The fourth-order valence-corrected chi connectivity index (χ4v) is 2.75. The minimum atomic E-state index is -3.65. The van der Waals surface area contributed by atoms with Crippen LogP contribution in [0.5, 0.6) is 0 Å². The normalized spacial score (nSPS) is 11.6. The number of H-pyrrole nitrogens is 1. The molecule has 2 rings (SSSR count). The SMILES string of the molecule is O=S(=O)(NCc1ncc[nH]1)c1ccccc1CO. The number of aromatic amines is 1. The molecule has 3 N–H and O–H groups in total. The van der Waals surface area contributed by atoms with Gasteiger partial charge >= 0.3 is 0 Å². The van der Waals surface area contributed by atoms with Gasteiger partial charge in [0, 0.05) is 12.4 Å². The molecule has 0 radical (unpaired) electrons. The Bertz CT molecular complexity index is 608. The van der Waals surface area contributed by atoms with Crippen LogP contribution in [-0.2, 0) is 23.2 Å². The first kappa shape index (κ1) is 12.7. The molecule has 0 saturated heterocycles. The minimum Gasteiger partial charge on any atom is -0.392 e. The number of hydrogen-bond acceptors (Lipinski definition) is 4.